The zero-order valence-corrected chi connectivity index (χ0v) is 9.73. The molecule has 3 nitrogen and oxygen atoms in total. The molecule has 0 bridgehead atoms. The molecular weight excluding hydrogens is 200 g/mol. The van der Waals surface area contributed by atoms with Crippen molar-refractivity contribution < 1.29 is 4.74 Å². The standard InChI is InChI=1S/C13H16N2O/c1-15(12-4-5-12)9-11-7-10(8-14)3-6-13(11)16-2/h3,6-7,12H,4-5,9H2,1-2H3. The molecule has 0 radical (unpaired) electrons. The van der Waals surface area contributed by atoms with Gasteiger partial charge in [-0.1, -0.05) is 0 Å². The van der Waals surface area contributed by atoms with Crippen LogP contribution in [0, 0.1) is 11.3 Å². The van der Waals surface area contributed by atoms with Crippen molar-refractivity contribution in [2.75, 3.05) is 14.2 Å². The summed E-state index contributed by atoms with van der Waals surface area (Å²) in [4.78, 5) is 2.32. The Kier molecular flexibility index (Phi) is 3.12. The highest BCUT2D eigenvalue weighted by Crippen LogP contribution is 2.29. The fourth-order valence-electron chi connectivity index (χ4n) is 1.88. The van der Waals surface area contributed by atoms with E-state index in [-0.39, 0.29) is 0 Å². The van der Waals surface area contributed by atoms with Crippen molar-refractivity contribution in [1.29, 1.82) is 5.26 Å². The predicted octanol–water partition coefficient (Wildman–Crippen LogP) is 2.16. The first-order valence-electron chi connectivity index (χ1n) is 5.52. The van der Waals surface area contributed by atoms with Crippen LogP contribution in [-0.4, -0.2) is 25.1 Å². The molecule has 0 amide bonds. The summed E-state index contributed by atoms with van der Waals surface area (Å²) in [7, 11) is 3.79. The molecule has 1 aromatic carbocycles. The smallest absolute Gasteiger partial charge is 0.123 e. The van der Waals surface area contributed by atoms with Gasteiger partial charge >= 0.3 is 0 Å². The van der Waals surface area contributed by atoms with Gasteiger partial charge in [-0.05, 0) is 38.1 Å². The van der Waals surface area contributed by atoms with E-state index < -0.39 is 0 Å². The molecule has 0 heterocycles. The molecule has 0 atom stereocenters. The maximum atomic E-state index is 8.88. The molecule has 1 aliphatic rings. The summed E-state index contributed by atoms with van der Waals surface area (Å²) in [5, 5.41) is 8.88. The molecule has 0 aromatic heterocycles. The summed E-state index contributed by atoms with van der Waals surface area (Å²) in [6.07, 6.45) is 2.58. The van der Waals surface area contributed by atoms with Crippen molar-refractivity contribution in [3.63, 3.8) is 0 Å². The normalized spacial score (nSPS) is 14.9. The zero-order valence-electron chi connectivity index (χ0n) is 9.73. The molecule has 1 aliphatic carbocycles. The van der Waals surface area contributed by atoms with Crippen LogP contribution >= 0.6 is 0 Å². The van der Waals surface area contributed by atoms with Crippen LogP contribution in [0.1, 0.15) is 24.0 Å². The van der Waals surface area contributed by atoms with Gasteiger partial charge < -0.3 is 4.74 Å². The Morgan fingerprint density at radius 2 is 2.25 bits per heavy atom. The Labute approximate surface area is 96.2 Å². The fraction of sp³-hybridized carbons (Fsp3) is 0.462. The van der Waals surface area contributed by atoms with Crippen molar-refractivity contribution in [3.05, 3.63) is 29.3 Å². The summed E-state index contributed by atoms with van der Waals surface area (Å²) in [5.74, 6) is 0.867. The van der Waals surface area contributed by atoms with Crippen LogP contribution in [-0.2, 0) is 6.54 Å². The van der Waals surface area contributed by atoms with Gasteiger partial charge in [-0.15, -0.1) is 0 Å². The quantitative estimate of drug-likeness (QED) is 0.773. The number of hydrogen-bond acceptors (Lipinski definition) is 3. The Balaban J connectivity index is 2.19. The molecule has 0 aliphatic heterocycles. The number of benzene rings is 1. The third-order valence-electron chi connectivity index (χ3n) is 3.00. The lowest BCUT2D eigenvalue weighted by molar-refractivity contribution is 0.308. The van der Waals surface area contributed by atoms with E-state index in [0.717, 1.165) is 23.9 Å². The summed E-state index contributed by atoms with van der Waals surface area (Å²) < 4.78 is 5.31. The van der Waals surface area contributed by atoms with Gasteiger partial charge in [0, 0.05) is 18.2 Å². The van der Waals surface area contributed by atoms with Gasteiger partial charge in [0.15, 0.2) is 0 Å². The van der Waals surface area contributed by atoms with E-state index in [2.05, 4.69) is 18.0 Å². The number of nitriles is 1. The highest BCUT2D eigenvalue weighted by atomic mass is 16.5. The Hall–Kier alpha value is -1.53. The number of methoxy groups -OCH3 is 1. The van der Waals surface area contributed by atoms with Crippen LogP contribution in [0.15, 0.2) is 18.2 Å². The van der Waals surface area contributed by atoms with Gasteiger partial charge in [0.05, 0.1) is 18.7 Å². The van der Waals surface area contributed by atoms with Gasteiger partial charge in [-0.2, -0.15) is 5.26 Å². The van der Waals surface area contributed by atoms with Crippen molar-refractivity contribution in [1.82, 2.24) is 4.90 Å². The summed E-state index contributed by atoms with van der Waals surface area (Å²) in [6, 6.07) is 8.46. The maximum Gasteiger partial charge on any atom is 0.123 e. The second kappa shape index (κ2) is 4.54. The number of rotatable bonds is 4. The molecule has 1 fully saturated rings. The summed E-state index contributed by atoms with van der Waals surface area (Å²) in [5.41, 5.74) is 1.79. The average Bonchev–Trinajstić information content (AvgIpc) is 3.12. The van der Waals surface area contributed by atoms with E-state index in [1.807, 2.05) is 12.1 Å². The lowest BCUT2D eigenvalue weighted by atomic mass is 10.1. The monoisotopic (exact) mass is 216 g/mol. The minimum atomic E-state index is 0.694. The molecule has 1 aromatic rings. The van der Waals surface area contributed by atoms with Crippen LogP contribution in [0.5, 0.6) is 5.75 Å². The van der Waals surface area contributed by atoms with E-state index in [0.29, 0.717) is 5.56 Å². The van der Waals surface area contributed by atoms with Crippen LogP contribution < -0.4 is 4.74 Å². The van der Waals surface area contributed by atoms with E-state index in [4.69, 9.17) is 10.00 Å². The first-order valence-corrected chi connectivity index (χ1v) is 5.52. The Morgan fingerprint density at radius 3 is 2.81 bits per heavy atom. The molecule has 2 rings (SSSR count). The second-order valence-corrected chi connectivity index (χ2v) is 4.28. The van der Waals surface area contributed by atoms with E-state index >= 15 is 0 Å². The lowest BCUT2D eigenvalue weighted by Crippen LogP contribution is -2.20. The third-order valence-corrected chi connectivity index (χ3v) is 3.00. The highest BCUT2D eigenvalue weighted by molar-refractivity contribution is 5.42. The Bertz CT molecular complexity index is 418. The molecule has 0 spiro atoms. The predicted molar refractivity (Wildman–Crippen MR) is 62.2 cm³/mol. The minimum Gasteiger partial charge on any atom is -0.496 e. The molecule has 0 unspecified atom stereocenters. The topological polar surface area (TPSA) is 36.3 Å². The summed E-state index contributed by atoms with van der Waals surface area (Å²) in [6.45, 7) is 0.851. The molecule has 84 valence electrons. The lowest BCUT2D eigenvalue weighted by Gasteiger charge is -2.17. The summed E-state index contributed by atoms with van der Waals surface area (Å²) >= 11 is 0. The maximum absolute atomic E-state index is 8.88. The molecule has 0 N–H and O–H groups in total. The zero-order chi connectivity index (χ0) is 11.5. The average molecular weight is 216 g/mol. The van der Waals surface area contributed by atoms with Gasteiger partial charge in [0.1, 0.15) is 5.75 Å². The molecule has 0 saturated heterocycles. The van der Waals surface area contributed by atoms with Crippen molar-refractivity contribution in [3.8, 4) is 11.8 Å². The largest absolute Gasteiger partial charge is 0.496 e. The minimum absolute atomic E-state index is 0.694. The van der Waals surface area contributed by atoms with Crippen molar-refractivity contribution in [2.24, 2.45) is 0 Å². The van der Waals surface area contributed by atoms with Gasteiger partial charge in [0.2, 0.25) is 0 Å². The fourth-order valence-corrected chi connectivity index (χ4v) is 1.88. The molecule has 1 saturated carbocycles. The van der Waals surface area contributed by atoms with Crippen molar-refractivity contribution >= 4 is 0 Å². The van der Waals surface area contributed by atoms with Gasteiger partial charge in [-0.25, -0.2) is 0 Å². The second-order valence-electron chi connectivity index (χ2n) is 4.28. The molecular formula is C13H16N2O. The molecule has 3 heteroatoms. The number of hydrogen-bond donors (Lipinski definition) is 0. The van der Waals surface area contributed by atoms with Crippen molar-refractivity contribution in [2.45, 2.75) is 25.4 Å². The van der Waals surface area contributed by atoms with Crippen LogP contribution in [0.2, 0.25) is 0 Å². The van der Waals surface area contributed by atoms with Gasteiger partial charge in [-0.3, -0.25) is 4.90 Å². The SMILES string of the molecule is COc1ccc(C#N)cc1CN(C)C1CC1. The number of ether oxygens (including phenoxy) is 1. The highest BCUT2D eigenvalue weighted by Gasteiger charge is 2.26. The van der Waals surface area contributed by atoms with E-state index in [1.54, 1.807) is 13.2 Å². The van der Waals surface area contributed by atoms with E-state index in [9.17, 15) is 0 Å². The van der Waals surface area contributed by atoms with Gasteiger partial charge in [0.25, 0.3) is 0 Å². The third kappa shape index (κ3) is 2.34. The first kappa shape index (κ1) is 11.0. The van der Waals surface area contributed by atoms with Crippen LogP contribution in [0.25, 0.3) is 0 Å². The van der Waals surface area contributed by atoms with E-state index in [1.165, 1.54) is 12.8 Å². The molecule has 16 heavy (non-hydrogen) atoms. The van der Waals surface area contributed by atoms with Crippen LogP contribution in [0.4, 0.5) is 0 Å². The van der Waals surface area contributed by atoms with Crippen LogP contribution in [0.3, 0.4) is 0 Å². The Morgan fingerprint density at radius 1 is 1.50 bits per heavy atom. The number of nitrogens with zero attached hydrogens (tertiary/aromatic N) is 2. The first-order chi connectivity index (χ1) is 7.74.